The molecule has 2 rings (SSSR count). The average Bonchev–Trinajstić information content (AvgIpc) is 2.56. The molecule has 0 saturated carbocycles. The van der Waals surface area contributed by atoms with Crippen LogP contribution in [0, 0.1) is 10.1 Å². The second kappa shape index (κ2) is 5.18. The first kappa shape index (κ1) is 13.8. The van der Waals surface area contributed by atoms with Crippen molar-refractivity contribution < 1.29 is 9.72 Å². The minimum atomic E-state index is -0.496. The van der Waals surface area contributed by atoms with E-state index >= 15 is 0 Å². The summed E-state index contributed by atoms with van der Waals surface area (Å²) in [6.07, 6.45) is 0.294. The van der Waals surface area contributed by atoms with Gasteiger partial charge in [0.05, 0.1) is 4.92 Å². The number of carbonyl (C=O) groups excluding carboxylic acids is 1. The summed E-state index contributed by atoms with van der Waals surface area (Å²) in [5.41, 5.74) is 0.191. The van der Waals surface area contributed by atoms with Crippen LogP contribution in [-0.4, -0.2) is 22.6 Å². The molecular weight excluding hydrogens is 388 g/mol. The summed E-state index contributed by atoms with van der Waals surface area (Å²) in [5, 5.41) is 11.0. The van der Waals surface area contributed by atoms with Crippen LogP contribution in [0.2, 0.25) is 0 Å². The Morgan fingerprint density at radius 2 is 2.11 bits per heavy atom. The molecule has 0 aliphatic carbocycles. The number of nitro benzene ring substituents is 1. The minimum Gasteiger partial charge on any atom is -0.304 e. The molecule has 96 valence electrons. The van der Waals surface area contributed by atoms with Crippen LogP contribution in [0.3, 0.4) is 0 Å². The zero-order valence-electron chi connectivity index (χ0n) is 8.97. The number of carbonyl (C=O) groups is 1. The lowest BCUT2D eigenvalue weighted by atomic mass is 10.2. The molecule has 0 radical (unpaired) electrons. The fraction of sp³-hybridized carbons (Fsp3) is 0.300. The van der Waals surface area contributed by atoms with E-state index < -0.39 is 4.92 Å². The van der Waals surface area contributed by atoms with Crippen LogP contribution in [0.25, 0.3) is 0 Å². The van der Waals surface area contributed by atoms with Crippen molar-refractivity contribution in [3.8, 4) is 0 Å². The van der Waals surface area contributed by atoms with Crippen molar-refractivity contribution in [2.45, 2.75) is 11.7 Å². The van der Waals surface area contributed by atoms with Crippen molar-refractivity contribution in [1.82, 2.24) is 0 Å². The van der Waals surface area contributed by atoms with Gasteiger partial charge >= 0.3 is 0 Å². The van der Waals surface area contributed by atoms with Gasteiger partial charge in [-0.1, -0.05) is 15.9 Å². The predicted molar refractivity (Wildman–Crippen MR) is 78.2 cm³/mol. The number of amides is 1. The van der Waals surface area contributed by atoms with Gasteiger partial charge in [0.15, 0.2) is 0 Å². The van der Waals surface area contributed by atoms with E-state index in [2.05, 4.69) is 44.5 Å². The second-order valence-electron chi connectivity index (χ2n) is 3.87. The fourth-order valence-electron chi connectivity index (χ4n) is 1.86. The second-order valence-corrected chi connectivity index (χ2v) is 6.38. The van der Waals surface area contributed by atoms with Gasteiger partial charge in [-0.2, -0.15) is 12.6 Å². The summed E-state index contributed by atoms with van der Waals surface area (Å²) in [6.45, 7) is 0.378. The summed E-state index contributed by atoms with van der Waals surface area (Å²) >= 11 is 10.7. The summed E-state index contributed by atoms with van der Waals surface area (Å²) in [4.78, 5) is 23.8. The molecule has 1 fully saturated rings. The number of anilines is 1. The smallest absolute Gasteiger partial charge is 0.295 e. The fourth-order valence-corrected chi connectivity index (χ4v) is 3.60. The molecule has 1 aliphatic heterocycles. The molecule has 8 heteroatoms. The summed E-state index contributed by atoms with van der Waals surface area (Å²) in [7, 11) is 0. The van der Waals surface area contributed by atoms with Gasteiger partial charge in [-0.15, -0.1) is 0 Å². The van der Waals surface area contributed by atoms with E-state index in [1.165, 1.54) is 11.0 Å². The number of halogens is 2. The number of hydrogen-bond donors (Lipinski definition) is 1. The van der Waals surface area contributed by atoms with Gasteiger partial charge in [-0.25, -0.2) is 0 Å². The van der Waals surface area contributed by atoms with Crippen molar-refractivity contribution >= 4 is 61.8 Å². The Hall–Kier alpha value is -0.600. The maximum Gasteiger partial charge on any atom is 0.295 e. The highest BCUT2D eigenvalue weighted by atomic mass is 79.9. The third-order valence-corrected chi connectivity index (χ3v) is 3.99. The predicted octanol–water partition coefficient (Wildman–Crippen LogP) is 3.15. The normalized spacial score (nSPS) is 19.4. The van der Waals surface area contributed by atoms with Gasteiger partial charge in [0.1, 0.15) is 5.69 Å². The van der Waals surface area contributed by atoms with Gasteiger partial charge in [-0.3, -0.25) is 14.9 Å². The van der Waals surface area contributed by atoms with Crippen molar-refractivity contribution in [3.63, 3.8) is 0 Å². The van der Waals surface area contributed by atoms with Gasteiger partial charge in [0.25, 0.3) is 5.69 Å². The third kappa shape index (κ3) is 2.55. The van der Waals surface area contributed by atoms with Gasteiger partial charge in [0.2, 0.25) is 5.91 Å². The number of rotatable bonds is 2. The third-order valence-electron chi connectivity index (χ3n) is 2.58. The van der Waals surface area contributed by atoms with E-state index in [0.29, 0.717) is 27.6 Å². The first-order chi connectivity index (χ1) is 8.40. The van der Waals surface area contributed by atoms with E-state index in [-0.39, 0.29) is 16.8 Å². The Kier molecular flexibility index (Phi) is 3.98. The number of nitrogens with zero attached hydrogens (tertiary/aromatic N) is 2. The highest BCUT2D eigenvalue weighted by molar-refractivity contribution is 9.11. The molecule has 18 heavy (non-hydrogen) atoms. The van der Waals surface area contributed by atoms with Crippen LogP contribution in [-0.2, 0) is 4.79 Å². The first-order valence-corrected chi connectivity index (χ1v) is 7.12. The molecule has 1 atom stereocenters. The standard InChI is InChI=1S/C10H8Br2N2O3S/c11-5-1-7(12)10(8(2-5)14(16)17)13-4-6(18)3-9(13)15/h1-2,6,18H,3-4H2. The van der Waals surface area contributed by atoms with Gasteiger partial charge in [0, 0.05) is 33.2 Å². The SMILES string of the molecule is O=C1CC(S)CN1c1c(Br)cc(Br)cc1[N+](=O)[O-]. The molecule has 1 aliphatic rings. The molecule has 1 heterocycles. The lowest BCUT2D eigenvalue weighted by molar-refractivity contribution is -0.384. The Morgan fingerprint density at radius 3 is 2.61 bits per heavy atom. The number of benzene rings is 1. The van der Waals surface area contributed by atoms with Crippen molar-refractivity contribution in [1.29, 1.82) is 0 Å². The number of nitro groups is 1. The average molecular weight is 396 g/mol. The summed E-state index contributed by atoms with van der Waals surface area (Å²) < 4.78 is 1.10. The van der Waals surface area contributed by atoms with E-state index in [1.54, 1.807) is 6.07 Å². The Bertz CT molecular complexity index is 538. The van der Waals surface area contributed by atoms with Crippen molar-refractivity contribution in [3.05, 3.63) is 31.2 Å². The Morgan fingerprint density at radius 1 is 1.44 bits per heavy atom. The van der Waals surface area contributed by atoms with E-state index in [9.17, 15) is 14.9 Å². The maximum atomic E-state index is 11.8. The quantitative estimate of drug-likeness (QED) is 0.475. The zero-order valence-corrected chi connectivity index (χ0v) is 13.0. The topological polar surface area (TPSA) is 63.5 Å². The van der Waals surface area contributed by atoms with Gasteiger partial charge < -0.3 is 4.90 Å². The molecule has 0 spiro atoms. The van der Waals surface area contributed by atoms with E-state index in [0.717, 1.165) is 0 Å². The first-order valence-electron chi connectivity index (χ1n) is 5.02. The van der Waals surface area contributed by atoms with Crippen molar-refractivity contribution in [2.75, 3.05) is 11.4 Å². The molecule has 0 N–H and O–H groups in total. The molecule has 1 aromatic rings. The van der Waals surface area contributed by atoms with Crippen LogP contribution >= 0.6 is 44.5 Å². The zero-order chi connectivity index (χ0) is 13.4. The molecular formula is C10H8Br2N2O3S. The van der Waals surface area contributed by atoms with Gasteiger partial charge in [-0.05, 0) is 22.0 Å². The Labute approximate surface area is 125 Å². The lowest BCUT2D eigenvalue weighted by Gasteiger charge is -2.17. The highest BCUT2D eigenvalue weighted by Crippen LogP contribution is 2.40. The molecule has 1 unspecified atom stereocenters. The number of thiol groups is 1. The van der Waals surface area contributed by atoms with Crippen LogP contribution < -0.4 is 4.90 Å². The maximum absolute atomic E-state index is 11.8. The number of hydrogen-bond acceptors (Lipinski definition) is 4. The molecule has 5 nitrogen and oxygen atoms in total. The molecule has 1 aromatic carbocycles. The van der Waals surface area contributed by atoms with E-state index in [4.69, 9.17) is 0 Å². The van der Waals surface area contributed by atoms with Crippen LogP contribution in [0.1, 0.15) is 6.42 Å². The molecule has 1 saturated heterocycles. The van der Waals surface area contributed by atoms with E-state index in [1.807, 2.05) is 0 Å². The molecule has 0 aromatic heterocycles. The van der Waals surface area contributed by atoms with Crippen LogP contribution in [0.15, 0.2) is 21.1 Å². The Balaban J connectivity index is 2.56. The summed E-state index contributed by atoms with van der Waals surface area (Å²) in [5.74, 6) is -0.152. The van der Waals surface area contributed by atoms with Crippen LogP contribution in [0.5, 0.6) is 0 Å². The minimum absolute atomic E-state index is 0.0901. The highest BCUT2D eigenvalue weighted by Gasteiger charge is 2.34. The van der Waals surface area contributed by atoms with Crippen molar-refractivity contribution in [2.24, 2.45) is 0 Å². The molecule has 0 bridgehead atoms. The van der Waals surface area contributed by atoms with Crippen LogP contribution in [0.4, 0.5) is 11.4 Å². The summed E-state index contributed by atoms with van der Waals surface area (Å²) in [6, 6.07) is 3.07. The monoisotopic (exact) mass is 394 g/mol. The lowest BCUT2D eigenvalue weighted by Crippen LogP contribution is -2.26. The molecule has 1 amide bonds. The largest absolute Gasteiger partial charge is 0.304 e.